The van der Waals surface area contributed by atoms with Crippen molar-refractivity contribution in [2.45, 2.75) is 124 Å². The van der Waals surface area contributed by atoms with Gasteiger partial charge in [0.05, 0.1) is 0 Å². The van der Waals surface area contributed by atoms with E-state index in [4.69, 9.17) is 0 Å². The molecule has 24 fully saturated rings. The minimum atomic E-state index is -1.87. The van der Waals surface area contributed by atoms with Crippen LogP contribution in [-0.2, 0) is 0 Å². The summed E-state index contributed by atoms with van der Waals surface area (Å²) in [7, 11) is 0. The average Bonchev–Trinajstić information content (AvgIpc) is 1.47. The summed E-state index contributed by atoms with van der Waals surface area (Å²) in [5.74, 6) is 0. The van der Waals surface area contributed by atoms with Crippen LogP contribution in [0.15, 0.2) is 0 Å². The van der Waals surface area contributed by atoms with E-state index in [0.717, 1.165) is 0 Å². The van der Waals surface area contributed by atoms with E-state index in [1.165, 1.54) is 157 Å². The normalized spacial score (nSPS) is 42.2. The van der Waals surface area contributed by atoms with Crippen LogP contribution in [0.5, 0.6) is 0 Å². The van der Waals surface area contributed by atoms with Gasteiger partial charge in [-0.15, -0.1) is 0 Å². The van der Waals surface area contributed by atoms with E-state index in [-0.39, 0.29) is 0 Å². The Morgan fingerprint density at radius 2 is 0.240 bits per heavy atom. The third kappa shape index (κ3) is 4.68. The molecule has 0 N–H and O–H groups in total. The highest BCUT2D eigenvalue weighted by molar-refractivity contribution is 5.98. The van der Waals surface area contributed by atoms with Crippen LogP contribution in [0.2, 0.25) is 0 Å². The van der Waals surface area contributed by atoms with Gasteiger partial charge in [0.25, 0.3) is 0 Å². The molecule has 48 nitrogen and oxygen atoms in total. The first kappa shape index (κ1) is 53.4. The molecule has 24 aliphatic heterocycles. The molecule has 32 amide bonds. The Hall–Kier alpha value is -11.7. The number of hydrogen-bond acceptors (Lipinski definition) is 16. The first-order chi connectivity index (χ1) is 47.8. The first-order valence-electron chi connectivity index (χ1n) is 33.0. The predicted molar refractivity (Wildman–Crippen MR) is 302 cm³/mol. The molecule has 24 heterocycles. The van der Waals surface area contributed by atoms with E-state index in [1.807, 2.05) is 0 Å². The van der Waals surface area contributed by atoms with Crippen LogP contribution in [0.4, 0.5) is 76.7 Å². The summed E-state index contributed by atoms with van der Waals surface area (Å²) in [5, 5.41) is 0. The maximum atomic E-state index is 16.1. The minimum Gasteiger partial charge on any atom is -0.282 e. The molecule has 0 atom stereocenters. The molecule has 0 aromatic rings. The largest absolute Gasteiger partial charge is 0.326 e. The van der Waals surface area contributed by atoms with Crippen molar-refractivity contribution in [2.75, 3.05) is 107 Å². The van der Waals surface area contributed by atoms with Crippen LogP contribution in [0.1, 0.15) is 27.7 Å². The lowest BCUT2D eigenvalue weighted by Gasteiger charge is -2.53. The number of hydrogen-bond donors (Lipinski definition) is 0. The van der Waals surface area contributed by atoms with Crippen LogP contribution in [0, 0.1) is 0 Å². The van der Waals surface area contributed by atoms with Crippen LogP contribution >= 0.6 is 0 Å². The van der Waals surface area contributed by atoms with Gasteiger partial charge in [0.2, 0.25) is 0 Å². The molecule has 0 aromatic carbocycles. The van der Waals surface area contributed by atoms with E-state index < -0.39 is 300 Å². The van der Waals surface area contributed by atoms with E-state index >= 15 is 76.7 Å². The third-order valence-corrected chi connectivity index (χ3v) is 27.8. The fourth-order valence-electron chi connectivity index (χ4n) is 22.9. The van der Waals surface area contributed by atoms with Gasteiger partial charge in [-0.05, 0) is 27.7 Å². The lowest BCUT2D eigenvalue weighted by Crippen LogP contribution is -2.74. The zero-order valence-corrected chi connectivity index (χ0v) is 53.1. The van der Waals surface area contributed by atoms with Gasteiger partial charge in [-0.2, -0.15) is 0 Å². The number of carbonyl (C=O) groups excluding carboxylic acids is 16. The molecule has 24 saturated heterocycles. The number of urea groups is 16. The Morgan fingerprint density at radius 3 is 0.350 bits per heavy atom. The van der Waals surface area contributed by atoms with Crippen molar-refractivity contribution >= 4 is 96.5 Å². The highest BCUT2D eigenvalue weighted by atomic mass is 16.3. The SMILES string of the molecule is CC12N3CN4C(=O)N5CN6C(=O)N7CN8C(=O)N9CN%10C(=O)N%11CN%12C(=O)N%13CN%14C(=O)N%15CN%16C(=O)N%17CN(C3=O)C1(C)N1CN3C(=O)N(CN%18C(=O)N(CN%19C(=O)N(CN%20C(=O)N(CN%21C(=O)N(CN%22C(=O)N(CN%23C(=O)N(CN2C1=O)C4C5%23)C6C7%22)C8C9%21)C%10C%11%20)C%12C%13%19)C%14C%15%18)C%16(C)C%173C. The van der Waals surface area contributed by atoms with Crippen LogP contribution in [0.25, 0.3) is 0 Å². The maximum absolute atomic E-state index is 16.1. The summed E-state index contributed by atoms with van der Waals surface area (Å²) in [4.78, 5) is 294. The summed E-state index contributed by atoms with van der Waals surface area (Å²) >= 11 is 0. The van der Waals surface area contributed by atoms with Crippen molar-refractivity contribution in [3.8, 4) is 0 Å². The van der Waals surface area contributed by atoms with Crippen molar-refractivity contribution in [3.63, 3.8) is 0 Å². The highest BCUT2D eigenvalue weighted by Crippen LogP contribution is 2.61. The van der Waals surface area contributed by atoms with Gasteiger partial charge >= 0.3 is 96.5 Å². The number of amides is 32. The lowest BCUT2D eigenvalue weighted by atomic mass is 9.92. The molecule has 0 spiro atoms. The Bertz CT molecular complexity index is 3890. The summed E-state index contributed by atoms with van der Waals surface area (Å²) in [6, 6.07) is -12.1. The fraction of sp³-hybridized carbons (Fsp3) is 0.692. The summed E-state index contributed by atoms with van der Waals surface area (Å²) in [6.07, 6.45) is -15.5. The van der Waals surface area contributed by atoms with Crippen LogP contribution in [0.3, 0.4) is 0 Å². The second-order valence-electron chi connectivity index (χ2n) is 30.5. The second kappa shape index (κ2) is 15.0. The molecule has 24 rings (SSSR count). The highest BCUT2D eigenvalue weighted by Gasteiger charge is 2.85. The van der Waals surface area contributed by atoms with Crippen molar-refractivity contribution < 1.29 is 76.7 Å². The monoisotopic (exact) mass is 1380 g/mol. The van der Waals surface area contributed by atoms with Gasteiger partial charge in [0.15, 0.2) is 96.6 Å². The van der Waals surface area contributed by atoms with Gasteiger partial charge in [-0.25, -0.2) is 76.7 Å². The lowest BCUT2D eigenvalue weighted by molar-refractivity contribution is -0.137. The van der Waals surface area contributed by atoms with E-state index in [2.05, 4.69) is 0 Å². The summed E-state index contributed by atoms with van der Waals surface area (Å²) in [6.45, 7) is -2.97. The maximum Gasteiger partial charge on any atom is 0.326 e. The standard InChI is InChI=1S/C52H56N32O16/c1-49-51(3)81-19-83-47(99)79-17-75-32-30-71(43(75)95)13-67-28-26-63(39(67)91)9-59-24-22-55(35(59)87)5-53-21-23-57(33(53)85)7-61-25-27-65(37(61)89)11-69-29-31(73(41(69)93)15-77(49)45(81)97)74-16-78(49)46(98)82(51)20-84-48(100)80(50(79,2)52(83,84)4)18-76(32)44(96)72(30)14-68(28)40(92)64(26)10-60(24)36(88)56(22)6-54(21)34(86)58(23)8-62(25)38(90)66(27)12-70(29)42(74)94/h21-32H,5-20H2,1-4H3. The smallest absolute Gasteiger partial charge is 0.282 e. The van der Waals surface area contributed by atoms with Gasteiger partial charge in [0.1, 0.15) is 107 Å². The zero-order valence-electron chi connectivity index (χ0n) is 53.1. The zero-order chi connectivity index (χ0) is 68.0. The van der Waals surface area contributed by atoms with E-state index in [0.29, 0.717) is 0 Å². The fourth-order valence-corrected chi connectivity index (χ4v) is 22.9. The minimum absolute atomic E-state index is 0.561. The molecule has 0 radical (unpaired) electrons. The average molecular weight is 1390 g/mol. The molecule has 520 valence electrons. The second-order valence-corrected chi connectivity index (χ2v) is 30.5. The number of carbonyl (C=O) groups is 16. The summed E-state index contributed by atoms with van der Waals surface area (Å²) in [5.41, 5.74) is -7.48. The Morgan fingerprint density at radius 1 is 0.150 bits per heavy atom. The Balaban J connectivity index is 0.675. The van der Waals surface area contributed by atoms with Gasteiger partial charge in [-0.1, -0.05) is 0 Å². The van der Waals surface area contributed by atoms with E-state index in [1.54, 1.807) is 27.7 Å². The van der Waals surface area contributed by atoms with Crippen molar-refractivity contribution in [3.05, 3.63) is 0 Å². The number of nitrogens with zero attached hydrogens (tertiary/aromatic N) is 32. The van der Waals surface area contributed by atoms with Crippen LogP contribution < -0.4 is 0 Å². The molecule has 0 unspecified atom stereocenters. The summed E-state index contributed by atoms with van der Waals surface area (Å²) < 4.78 is 0. The molecule has 0 aliphatic carbocycles. The van der Waals surface area contributed by atoms with Crippen molar-refractivity contribution in [1.29, 1.82) is 0 Å². The van der Waals surface area contributed by atoms with Crippen molar-refractivity contribution in [2.24, 2.45) is 0 Å². The molecular formula is C52H56N32O16. The van der Waals surface area contributed by atoms with Gasteiger partial charge in [-0.3, -0.25) is 157 Å². The van der Waals surface area contributed by atoms with E-state index in [9.17, 15) is 0 Å². The van der Waals surface area contributed by atoms with Crippen molar-refractivity contribution in [1.82, 2.24) is 157 Å². The molecule has 0 saturated carbocycles. The first-order valence-corrected chi connectivity index (χ1v) is 33.0. The topological polar surface area (TPSA) is 377 Å². The molecule has 24 aliphatic rings. The predicted octanol–water partition coefficient (Wildman–Crippen LogP) is -5.99. The molecular weight excluding hydrogens is 1330 g/mol. The Labute approximate surface area is 559 Å². The van der Waals surface area contributed by atoms with Gasteiger partial charge < -0.3 is 0 Å². The quantitative estimate of drug-likeness (QED) is 0.218. The molecule has 100 heavy (non-hydrogen) atoms. The van der Waals surface area contributed by atoms with Gasteiger partial charge in [0, 0.05) is 0 Å². The van der Waals surface area contributed by atoms with Crippen LogP contribution in [-0.4, -0.2) is 457 Å². The molecule has 48 heteroatoms. The molecule has 0 bridgehead atoms. The molecule has 0 aromatic heterocycles. The third-order valence-electron chi connectivity index (χ3n) is 27.8. The Kier molecular flexibility index (Phi) is 8.00. The number of rotatable bonds is 0.